The summed E-state index contributed by atoms with van der Waals surface area (Å²) in [6.07, 6.45) is -4.73. The molecule has 10 heteroatoms. The van der Waals surface area contributed by atoms with E-state index in [1.54, 1.807) is 0 Å². The molecule has 1 unspecified atom stereocenters. The molecule has 0 fully saturated rings. The summed E-state index contributed by atoms with van der Waals surface area (Å²) in [6.45, 7) is 1.07. The minimum atomic E-state index is -4.35. The minimum Gasteiger partial charge on any atom is -0.391 e. The number of nitriles is 1. The van der Waals surface area contributed by atoms with Crippen molar-refractivity contribution in [2.24, 2.45) is 5.92 Å². The summed E-state index contributed by atoms with van der Waals surface area (Å²) in [7, 11) is 1.41. The molecule has 1 atom stereocenters. The zero-order chi connectivity index (χ0) is 20.4. The van der Waals surface area contributed by atoms with Crippen molar-refractivity contribution >= 4 is 23.3 Å². The standard InChI is InChI=1S/C17H17ClF3N5O/c1-10(17(19,20)21)3-8-13-24-15(25(2)18)14(23)16(27)26(13)12-6-4-11(9-22)5-7-12/h4-7,10H,3,8,23H2,1-2H3. The zero-order valence-electron chi connectivity index (χ0n) is 14.6. The normalized spacial score (nSPS) is 12.5. The van der Waals surface area contributed by atoms with Crippen LogP contribution in [0, 0.1) is 17.2 Å². The number of halogens is 4. The highest BCUT2D eigenvalue weighted by Gasteiger charge is 2.35. The molecule has 1 aromatic heterocycles. The van der Waals surface area contributed by atoms with Crippen LogP contribution in [0.1, 0.15) is 24.7 Å². The van der Waals surface area contributed by atoms with Gasteiger partial charge in [0.15, 0.2) is 5.82 Å². The fraction of sp³-hybridized carbons (Fsp3) is 0.353. The summed E-state index contributed by atoms with van der Waals surface area (Å²) < 4.78 is 40.7. The molecule has 2 N–H and O–H groups in total. The van der Waals surface area contributed by atoms with Crippen LogP contribution in [0.5, 0.6) is 0 Å². The van der Waals surface area contributed by atoms with Crippen LogP contribution in [-0.2, 0) is 6.42 Å². The van der Waals surface area contributed by atoms with E-state index >= 15 is 0 Å². The highest BCUT2D eigenvalue weighted by molar-refractivity contribution is 6.25. The van der Waals surface area contributed by atoms with Gasteiger partial charge < -0.3 is 5.73 Å². The Bertz CT molecular complexity index is 916. The number of alkyl halides is 3. The van der Waals surface area contributed by atoms with Crippen LogP contribution in [-0.4, -0.2) is 22.8 Å². The monoisotopic (exact) mass is 399 g/mol. The lowest BCUT2D eigenvalue weighted by Gasteiger charge is -2.20. The number of nitrogens with zero attached hydrogens (tertiary/aromatic N) is 4. The van der Waals surface area contributed by atoms with Crippen molar-refractivity contribution in [2.75, 3.05) is 17.2 Å². The lowest BCUT2D eigenvalue weighted by Crippen LogP contribution is -2.29. The van der Waals surface area contributed by atoms with Gasteiger partial charge in [-0.1, -0.05) is 6.92 Å². The highest BCUT2D eigenvalue weighted by Crippen LogP contribution is 2.30. The van der Waals surface area contributed by atoms with Crippen molar-refractivity contribution in [2.45, 2.75) is 25.9 Å². The maximum absolute atomic E-state index is 12.8. The smallest absolute Gasteiger partial charge is 0.391 e. The third-order valence-corrected chi connectivity index (χ3v) is 4.23. The van der Waals surface area contributed by atoms with Crippen molar-refractivity contribution in [3.63, 3.8) is 0 Å². The molecule has 0 amide bonds. The number of nitrogen functional groups attached to an aromatic ring is 1. The first-order valence-electron chi connectivity index (χ1n) is 7.94. The van der Waals surface area contributed by atoms with Gasteiger partial charge in [-0.25, -0.2) is 4.98 Å². The largest absolute Gasteiger partial charge is 0.391 e. The van der Waals surface area contributed by atoms with Gasteiger partial charge in [-0.15, -0.1) is 0 Å². The second kappa shape index (κ2) is 7.88. The Kier molecular flexibility index (Phi) is 6.01. The molecule has 0 spiro atoms. The maximum Gasteiger partial charge on any atom is 0.391 e. The van der Waals surface area contributed by atoms with Gasteiger partial charge in [0.05, 0.1) is 23.2 Å². The molecule has 27 heavy (non-hydrogen) atoms. The summed E-state index contributed by atoms with van der Waals surface area (Å²) in [5, 5.41) is 8.89. The van der Waals surface area contributed by atoms with Crippen LogP contribution in [0.3, 0.4) is 0 Å². The van der Waals surface area contributed by atoms with Crippen LogP contribution in [0.2, 0.25) is 0 Å². The number of anilines is 2. The van der Waals surface area contributed by atoms with Gasteiger partial charge in [0.1, 0.15) is 11.5 Å². The fourth-order valence-electron chi connectivity index (χ4n) is 2.43. The second-order valence-corrected chi connectivity index (χ2v) is 6.53. The summed E-state index contributed by atoms with van der Waals surface area (Å²) in [6, 6.07) is 7.93. The minimum absolute atomic E-state index is 0.0266. The number of rotatable bonds is 5. The lowest BCUT2D eigenvalue weighted by molar-refractivity contribution is -0.171. The first kappa shape index (κ1) is 20.6. The van der Waals surface area contributed by atoms with Crippen LogP contribution in [0.4, 0.5) is 24.7 Å². The Labute approximate surface area is 158 Å². The summed E-state index contributed by atoms with van der Waals surface area (Å²) in [5.41, 5.74) is 5.66. The van der Waals surface area contributed by atoms with Crippen molar-refractivity contribution in [1.29, 1.82) is 5.26 Å². The van der Waals surface area contributed by atoms with E-state index in [1.165, 1.54) is 31.3 Å². The molecule has 0 radical (unpaired) electrons. The van der Waals surface area contributed by atoms with E-state index in [2.05, 4.69) is 4.98 Å². The van der Waals surface area contributed by atoms with Gasteiger partial charge in [-0.2, -0.15) is 18.4 Å². The van der Waals surface area contributed by atoms with Crippen LogP contribution < -0.4 is 15.7 Å². The first-order chi connectivity index (χ1) is 12.6. The average Bonchev–Trinajstić information content (AvgIpc) is 2.61. The van der Waals surface area contributed by atoms with Crippen LogP contribution in [0.25, 0.3) is 5.69 Å². The Balaban J connectivity index is 2.57. The quantitative estimate of drug-likeness (QED) is 0.778. The average molecular weight is 400 g/mol. The van der Waals surface area contributed by atoms with Crippen molar-refractivity contribution in [3.05, 3.63) is 46.0 Å². The molecule has 0 aliphatic carbocycles. The van der Waals surface area contributed by atoms with Gasteiger partial charge in [0, 0.05) is 25.2 Å². The third kappa shape index (κ3) is 4.52. The summed E-state index contributed by atoms with van der Waals surface area (Å²) in [4.78, 5) is 16.9. The Hall–Kier alpha value is -2.73. The number of aromatic nitrogens is 2. The predicted molar refractivity (Wildman–Crippen MR) is 96.8 cm³/mol. The molecule has 2 aromatic rings. The predicted octanol–water partition coefficient (Wildman–Crippen LogP) is 3.41. The van der Waals surface area contributed by atoms with E-state index in [1.807, 2.05) is 6.07 Å². The highest BCUT2D eigenvalue weighted by atomic mass is 35.5. The lowest BCUT2D eigenvalue weighted by atomic mass is 10.0. The number of aryl methyl sites for hydroxylation is 1. The molecule has 0 saturated heterocycles. The third-order valence-electron chi connectivity index (χ3n) is 4.07. The molecular weight excluding hydrogens is 383 g/mol. The fourth-order valence-corrected chi connectivity index (χ4v) is 2.56. The van der Waals surface area contributed by atoms with Gasteiger partial charge >= 0.3 is 6.18 Å². The molecule has 1 heterocycles. The number of hydrogen-bond acceptors (Lipinski definition) is 5. The van der Waals surface area contributed by atoms with E-state index in [4.69, 9.17) is 22.8 Å². The van der Waals surface area contributed by atoms with E-state index in [0.717, 1.165) is 15.9 Å². The van der Waals surface area contributed by atoms with Crippen LogP contribution in [0.15, 0.2) is 29.1 Å². The van der Waals surface area contributed by atoms with Gasteiger partial charge in [-0.05, 0) is 30.7 Å². The summed E-state index contributed by atoms with van der Waals surface area (Å²) >= 11 is 5.85. The van der Waals surface area contributed by atoms with Crippen molar-refractivity contribution < 1.29 is 13.2 Å². The van der Waals surface area contributed by atoms with Gasteiger partial charge in [0.25, 0.3) is 5.56 Å². The molecular formula is C17H17ClF3N5O. The van der Waals surface area contributed by atoms with Crippen molar-refractivity contribution in [3.8, 4) is 11.8 Å². The first-order valence-corrected chi connectivity index (χ1v) is 8.28. The molecule has 2 rings (SSSR count). The summed E-state index contributed by atoms with van der Waals surface area (Å²) in [5.74, 6) is -1.50. The van der Waals surface area contributed by atoms with E-state index in [0.29, 0.717) is 11.3 Å². The SMILES string of the molecule is CC(CCc1nc(N(C)Cl)c(N)c(=O)n1-c1ccc(C#N)cc1)C(F)(F)F. The Morgan fingerprint density at radius 3 is 2.44 bits per heavy atom. The van der Waals surface area contributed by atoms with Gasteiger partial charge in [-0.3, -0.25) is 13.8 Å². The van der Waals surface area contributed by atoms with E-state index in [9.17, 15) is 18.0 Å². The van der Waals surface area contributed by atoms with Gasteiger partial charge in [0.2, 0.25) is 0 Å². The number of hydrogen-bond donors (Lipinski definition) is 1. The van der Waals surface area contributed by atoms with E-state index < -0.39 is 17.7 Å². The molecule has 0 aliphatic heterocycles. The second-order valence-electron chi connectivity index (χ2n) is 6.02. The molecule has 6 nitrogen and oxygen atoms in total. The molecule has 0 aliphatic rings. The molecule has 1 aromatic carbocycles. The zero-order valence-corrected chi connectivity index (χ0v) is 15.3. The van der Waals surface area contributed by atoms with E-state index in [-0.39, 0.29) is 30.2 Å². The number of benzene rings is 1. The van der Waals surface area contributed by atoms with Crippen molar-refractivity contribution in [1.82, 2.24) is 9.55 Å². The molecule has 144 valence electrons. The Morgan fingerprint density at radius 1 is 1.37 bits per heavy atom. The number of nitrogens with two attached hydrogens (primary N) is 1. The molecule has 0 saturated carbocycles. The van der Waals surface area contributed by atoms with Crippen LogP contribution >= 0.6 is 11.8 Å². The molecule has 0 bridgehead atoms. The topological polar surface area (TPSA) is 87.9 Å². The maximum atomic E-state index is 12.8. The Morgan fingerprint density at radius 2 is 1.96 bits per heavy atom.